The van der Waals surface area contributed by atoms with Crippen molar-refractivity contribution in [3.63, 3.8) is 0 Å². The lowest BCUT2D eigenvalue weighted by Crippen LogP contribution is -2.27. The van der Waals surface area contributed by atoms with Crippen molar-refractivity contribution in [3.05, 3.63) is 78.1 Å². The minimum Gasteiger partial charge on any atom is -0.471 e. The molecule has 35 heavy (non-hydrogen) atoms. The van der Waals surface area contributed by atoms with Crippen molar-refractivity contribution in [2.24, 2.45) is 0 Å². The van der Waals surface area contributed by atoms with Gasteiger partial charge >= 0.3 is 0 Å². The number of aliphatic hydroxyl groups is 1. The van der Waals surface area contributed by atoms with Gasteiger partial charge in [0.1, 0.15) is 18.9 Å². The Morgan fingerprint density at radius 2 is 1.86 bits per heavy atom. The van der Waals surface area contributed by atoms with Gasteiger partial charge < -0.3 is 25.1 Å². The van der Waals surface area contributed by atoms with Crippen LogP contribution in [-0.2, 0) is 16.1 Å². The quantitative estimate of drug-likeness (QED) is 0.375. The van der Waals surface area contributed by atoms with E-state index < -0.39 is 18.4 Å². The van der Waals surface area contributed by atoms with E-state index in [2.05, 4.69) is 21.9 Å². The Morgan fingerprint density at radius 1 is 1.11 bits per heavy atom. The maximum Gasteiger partial charge on any atom is 0.247 e. The van der Waals surface area contributed by atoms with Gasteiger partial charge in [-0.15, -0.1) is 0 Å². The number of nitrogen functional groups attached to an aromatic ring is 1. The molecule has 9 heteroatoms. The molecule has 0 saturated carbocycles. The molecule has 1 fully saturated rings. The summed E-state index contributed by atoms with van der Waals surface area (Å²) in [6.45, 7) is 2.68. The summed E-state index contributed by atoms with van der Waals surface area (Å²) in [5.74, 6) is 0.386. The zero-order valence-corrected chi connectivity index (χ0v) is 19.5. The fourth-order valence-electron chi connectivity index (χ4n) is 4.31. The third kappa shape index (κ3) is 5.12. The summed E-state index contributed by atoms with van der Waals surface area (Å²) < 4.78 is 20.0. The van der Waals surface area contributed by atoms with Crippen LogP contribution in [-0.4, -0.2) is 43.4 Å². The Morgan fingerprint density at radius 3 is 2.60 bits per heavy atom. The molecule has 0 amide bonds. The third-order valence-corrected chi connectivity index (χ3v) is 6.14. The molecule has 1 aliphatic rings. The molecule has 2 aromatic carbocycles. The molecule has 3 heterocycles. The van der Waals surface area contributed by atoms with Crippen molar-refractivity contribution in [2.45, 2.75) is 50.9 Å². The highest BCUT2D eigenvalue weighted by atomic mass is 16.6. The summed E-state index contributed by atoms with van der Waals surface area (Å²) in [6.07, 6.45) is 1.15. The first kappa shape index (κ1) is 23.2. The minimum atomic E-state index is -0.682. The minimum absolute atomic E-state index is 0.0583. The first-order valence-corrected chi connectivity index (χ1v) is 11.8. The molecule has 2 aromatic heterocycles. The topological polar surface area (TPSA) is 118 Å². The van der Waals surface area contributed by atoms with Crippen LogP contribution in [0.2, 0.25) is 0 Å². The van der Waals surface area contributed by atoms with Crippen LogP contribution < -0.4 is 10.5 Å². The molecule has 5 rings (SSSR count). The molecule has 0 radical (unpaired) electrons. The van der Waals surface area contributed by atoms with Gasteiger partial charge in [0, 0.05) is 6.42 Å². The lowest BCUT2D eigenvalue weighted by molar-refractivity contribution is -0.0804. The standard InChI is InChI=1S/C26H29N5O4/c1-2-20(18-11-7-4-8-12-18)33-15-21-19(32)13-22(35-21)31-16-28-23-24(31)29-26(27)30-25(23)34-14-17-9-5-3-6-10-17/h3-12,16,19-22,32H,2,13-15H2,1H3,(H2,27,29,30)/t19-,20-,21+,22+/m0/s1. The van der Waals surface area contributed by atoms with E-state index in [4.69, 9.17) is 19.9 Å². The normalized spacial score (nSPS) is 20.8. The molecule has 3 N–H and O–H groups in total. The summed E-state index contributed by atoms with van der Waals surface area (Å²) in [6, 6.07) is 19.8. The van der Waals surface area contributed by atoms with Gasteiger partial charge in [0.05, 0.1) is 25.1 Å². The highest BCUT2D eigenvalue weighted by Gasteiger charge is 2.36. The number of nitrogens with zero attached hydrogens (tertiary/aromatic N) is 4. The average Bonchev–Trinajstić information content (AvgIpc) is 3.47. The highest BCUT2D eigenvalue weighted by molar-refractivity contribution is 5.77. The molecule has 0 aliphatic carbocycles. The Labute approximate surface area is 203 Å². The fraction of sp³-hybridized carbons (Fsp3) is 0.346. The van der Waals surface area contributed by atoms with Crippen LogP contribution in [0.4, 0.5) is 5.95 Å². The molecule has 1 saturated heterocycles. The summed E-state index contributed by atoms with van der Waals surface area (Å²) >= 11 is 0. The van der Waals surface area contributed by atoms with Crippen molar-refractivity contribution in [3.8, 4) is 5.88 Å². The fourth-order valence-corrected chi connectivity index (χ4v) is 4.31. The number of nitrogens with two attached hydrogens (primary N) is 1. The lowest BCUT2D eigenvalue weighted by Gasteiger charge is -2.21. The first-order chi connectivity index (χ1) is 17.1. The lowest BCUT2D eigenvalue weighted by atomic mass is 10.1. The van der Waals surface area contributed by atoms with E-state index in [1.807, 2.05) is 60.7 Å². The molecule has 4 aromatic rings. The van der Waals surface area contributed by atoms with E-state index in [-0.39, 0.29) is 18.7 Å². The van der Waals surface area contributed by atoms with E-state index in [1.165, 1.54) is 0 Å². The van der Waals surface area contributed by atoms with Crippen LogP contribution in [0.1, 0.15) is 43.2 Å². The van der Waals surface area contributed by atoms with Gasteiger partial charge in [-0.05, 0) is 17.5 Å². The largest absolute Gasteiger partial charge is 0.471 e. The van der Waals surface area contributed by atoms with Gasteiger partial charge in [-0.3, -0.25) is 4.57 Å². The number of benzene rings is 2. The van der Waals surface area contributed by atoms with E-state index in [9.17, 15) is 5.11 Å². The van der Waals surface area contributed by atoms with Gasteiger partial charge in [0.15, 0.2) is 11.2 Å². The van der Waals surface area contributed by atoms with Gasteiger partial charge in [-0.25, -0.2) is 4.98 Å². The summed E-state index contributed by atoms with van der Waals surface area (Å²) in [4.78, 5) is 13.1. The van der Waals surface area contributed by atoms with Crippen molar-refractivity contribution in [2.75, 3.05) is 12.3 Å². The maximum atomic E-state index is 10.7. The van der Waals surface area contributed by atoms with E-state index in [1.54, 1.807) is 10.9 Å². The third-order valence-electron chi connectivity index (χ3n) is 6.14. The smallest absolute Gasteiger partial charge is 0.247 e. The molecular weight excluding hydrogens is 446 g/mol. The number of fused-ring (bicyclic) bond motifs is 1. The number of ether oxygens (including phenoxy) is 3. The van der Waals surface area contributed by atoms with Gasteiger partial charge in [-0.2, -0.15) is 9.97 Å². The number of aliphatic hydroxyl groups excluding tert-OH is 1. The Balaban J connectivity index is 1.29. The second kappa shape index (κ2) is 10.4. The summed E-state index contributed by atoms with van der Waals surface area (Å²) in [5, 5.41) is 10.7. The molecular formula is C26H29N5O4. The maximum absolute atomic E-state index is 10.7. The molecule has 0 unspecified atom stereocenters. The number of rotatable bonds is 9. The molecule has 0 spiro atoms. The number of imidazole rings is 1. The number of anilines is 1. The Hall–Kier alpha value is -3.53. The second-order valence-electron chi connectivity index (χ2n) is 8.56. The molecule has 9 nitrogen and oxygen atoms in total. The van der Waals surface area contributed by atoms with Crippen molar-refractivity contribution >= 4 is 17.1 Å². The number of hydrogen-bond donors (Lipinski definition) is 2. The molecule has 0 bridgehead atoms. The van der Waals surface area contributed by atoms with Crippen LogP contribution in [0.25, 0.3) is 11.2 Å². The summed E-state index contributed by atoms with van der Waals surface area (Å²) in [5.41, 5.74) is 9.07. The van der Waals surface area contributed by atoms with Crippen LogP contribution in [0.5, 0.6) is 5.88 Å². The van der Waals surface area contributed by atoms with Crippen molar-refractivity contribution < 1.29 is 19.3 Å². The predicted octanol–water partition coefficient (Wildman–Crippen LogP) is 3.80. The number of aromatic nitrogens is 4. The van der Waals surface area contributed by atoms with Crippen LogP contribution >= 0.6 is 0 Å². The van der Waals surface area contributed by atoms with Crippen LogP contribution in [0.15, 0.2) is 67.0 Å². The Bertz CT molecular complexity index is 1250. The number of hydrogen-bond acceptors (Lipinski definition) is 8. The zero-order valence-electron chi connectivity index (χ0n) is 19.5. The van der Waals surface area contributed by atoms with Crippen molar-refractivity contribution in [1.29, 1.82) is 0 Å². The predicted molar refractivity (Wildman–Crippen MR) is 130 cm³/mol. The van der Waals surface area contributed by atoms with Gasteiger partial charge in [0.2, 0.25) is 11.8 Å². The highest BCUT2D eigenvalue weighted by Crippen LogP contribution is 2.34. The van der Waals surface area contributed by atoms with Gasteiger partial charge in [0.25, 0.3) is 0 Å². The van der Waals surface area contributed by atoms with E-state index in [0.29, 0.717) is 30.1 Å². The van der Waals surface area contributed by atoms with E-state index in [0.717, 1.165) is 17.5 Å². The van der Waals surface area contributed by atoms with Crippen LogP contribution in [0.3, 0.4) is 0 Å². The molecule has 4 atom stereocenters. The van der Waals surface area contributed by atoms with E-state index >= 15 is 0 Å². The average molecular weight is 476 g/mol. The van der Waals surface area contributed by atoms with Gasteiger partial charge in [-0.1, -0.05) is 67.6 Å². The second-order valence-corrected chi connectivity index (χ2v) is 8.56. The van der Waals surface area contributed by atoms with Crippen LogP contribution in [0, 0.1) is 0 Å². The monoisotopic (exact) mass is 475 g/mol. The molecule has 182 valence electrons. The first-order valence-electron chi connectivity index (χ1n) is 11.8. The SMILES string of the molecule is CC[C@H](OC[C@H]1O[C@@H](n2cnc3c(OCc4ccccc4)nc(N)nc32)C[C@@H]1O)c1ccccc1. The Kier molecular flexibility index (Phi) is 6.89. The van der Waals surface area contributed by atoms with Crippen molar-refractivity contribution in [1.82, 2.24) is 19.5 Å². The molecule has 1 aliphatic heterocycles. The summed E-state index contributed by atoms with van der Waals surface area (Å²) in [7, 11) is 0. The zero-order chi connectivity index (χ0) is 24.2.